The van der Waals surface area contributed by atoms with Gasteiger partial charge < -0.3 is 15.5 Å². The van der Waals surface area contributed by atoms with Crippen LogP contribution in [0.2, 0.25) is 0 Å². The van der Waals surface area contributed by atoms with Crippen molar-refractivity contribution in [2.75, 3.05) is 26.7 Å². The molecule has 0 unspecified atom stereocenters. The molecule has 2 heterocycles. The van der Waals surface area contributed by atoms with E-state index in [2.05, 4.69) is 54.2 Å². The minimum atomic E-state index is -4.64. The van der Waals surface area contributed by atoms with Crippen molar-refractivity contribution in [2.45, 2.75) is 44.3 Å². The van der Waals surface area contributed by atoms with E-state index in [0.29, 0.717) is 17.0 Å². The summed E-state index contributed by atoms with van der Waals surface area (Å²) < 4.78 is 40.7. The molecule has 3 rings (SSSR count). The lowest BCUT2D eigenvalue weighted by Gasteiger charge is -2.40. The first kappa shape index (κ1) is 25.7. The molecule has 1 aliphatic heterocycles. The second-order valence-corrected chi connectivity index (χ2v) is 9.43. The number of carbonyl (C=O) groups is 1. The van der Waals surface area contributed by atoms with Crippen molar-refractivity contribution in [3.63, 3.8) is 0 Å². The summed E-state index contributed by atoms with van der Waals surface area (Å²) in [7, 11) is 2.06. The zero-order valence-corrected chi connectivity index (χ0v) is 19.9. The molecule has 5 nitrogen and oxygen atoms in total. The Morgan fingerprint density at radius 3 is 2.50 bits per heavy atom. The average Bonchev–Trinajstić information content (AvgIpc) is 3.62. The second-order valence-electron chi connectivity index (χ2n) is 9.43. The number of hydrogen-bond acceptors (Lipinski definition) is 4. The lowest BCUT2D eigenvalue weighted by atomic mass is 9.88. The summed E-state index contributed by atoms with van der Waals surface area (Å²) in [6.07, 6.45) is 3.56. The smallest absolute Gasteiger partial charge is 0.380 e. The van der Waals surface area contributed by atoms with E-state index < -0.39 is 11.7 Å². The molecule has 8 heteroatoms. The van der Waals surface area contributed by atoms with Crippen molar-refractivity contribution in [3.8, 4) is 0 Å². The van der Waals surface area contributed by atoms with Gasteiger partial charge in [-0.25, -0.2) is 4.98 Å². The largest absolute Gasteiger partial charge is 0.417 e. The van der Waals surface area contributed by atoms with Gasteiger partial charge in [0.15, 0.2) is 0 Å². The summed E-state index contributed by atoms with van der Waals surface area (Å²) in [4.78, 5) is 18.3. The van der Waals surface area contributed by atoms with E-state index in [1.54, 1.807) is 18.2 Å². The second kappa shape index (κ2) is 10.2. The summed E-state index contributed by atoms with van der Waals surface area (Å²) in [6, 6.07) is 1.69. The van der Waals surface area contributed by atoms with Crippen LogP contribution in [0.5, 0.6) is 0 Å². The first-order valence-corrected chi connectivity index (χ1v) is 11.5. The number of nitrogens with zero attached hydrogens (tertiary/aromatic N) is 2. The Morgan fingerprint density at radius 1 is 1.29 bits per heavy atom. The van der Waals surface area contributed by atoms with Crippen LogP contribution in [0.15, 0.2) is 31.9 Å². The lowest BCUT2D eigenvalue weighted by Crippen LogP contribution is -2.49. The van der Waals surface area contributed by atoms with Crippen molar-refractivity contribution in [1.29, 1.82) is 0 Å². The van der Waals surface area contributed by atoms with Gasteiger partial charge in [0, 0.05) is 47.9 Å². The molecule has 184 valence electrons. The topological polar surface area (TPSA) is 57.3 Å². The molecule has 34 heavy (non-hydrogen) atoms. The van der Waals surface area contributed by atoms with Crippen molar-refractivity contribution >= 4 is 29.3 Å². The summed E-state index contributed by atoms with van der Waals surface area (Å²) in [5, 5.41) is 6.25. The van der Waals surface area contributed by atoms with Crippen molar-refractivity contribution in [3.05, 3.63) is 54.4 Å². The van der Waals surface area contributed by atoms with E-state index in [0.717, 1.165) is 38.8 Å². The maximum absolute atomic E-state index is 13.6. The number of aromatic nitrogens is 1. The van der Waals surface area contributed by atoms with Crippen LogP contribution in [0.4, 0.5) is 13.2 Å². The first-order chi connectivity index (χ1) is 15.9. The molecule has 0 atom stereocenters. The van der Waals surface area contributed by atoms with Crippen LogP contribution in [0, 0.1) is 5.92 Å². The molecule has 0 aromatic carbocycles. The van der Waals surface area contributed by atoms with Gasteiger partial charge in [-0.05, 0) is 51.8 Å². The highest BCUT2D eigenvalue weighted by Gasteiger charge is 2.36. The Bertz CT molecular complexity index is 1000. The number of pyridine rings is 1. The first-order valence-electron chi connectivity index (χ1n) is 11.5. The summed E-state index contributed by atoms with van der Waals surface area (Å²) in [5.41, 5.74) is 0.00541. The summed E-state index contributed by atoms with van der Waals surface area (Å²) in [5.74, 6) is 0.0810. The van der Waals surface area contributed by atoms with Gasteiger partial charge in [-0.3, -0.25) is 4.79 Å². The number of nitrogens with one attached hydrogen (secondary N) is 2. The molecule has 2 fully saturated rings. The van der Waals surface area contributed by atoms with Gasteiger partial charge in [0.1, 0.15) is 0 Å². The number of hydrogen-bond donors (Lipinski definition) is 2. The molecule has 1 aromatic heterocycles. The van der Waals surface area contributed by atoms with E-state index >= 15 is 0 Å². The number of likely N-dealkylation sites (tertiary alicyclic amines) is 1. The zero-order valence-electron chi connectivity index (χ0n) is 19.9. The predicted octanol–water partition coefficient (Wildman–Crippen LogP) is 4.88. The summed E-state index contributed by atoms with van der Waals surface area (Å²) in [6.45, 7) is 15.3. The third-order valence-electron chi connectivity index (χ3n) is 6.41. The molecule has 1 saturated heterocycles. The maximum atomic E-state index is 13.6. The van der Waals surface area contributed by atoms with E-state index in [-0.39, 0.29) is 35.2 Å². The van der Waals surface area contributed by atoms with Crippen LogP contribution < -0.4 is 10.6 Å². The maximum Gasteiger partial charge on any atom is 0.417 e. The summed E-state index contributed by atoms with van der Waals surface area (Å²) >= 11 is 0. The highest BCUT2D eigenvalue weighted by Crippen LogP contribution is 2.36. The standard InChI is InChI=1S/C26H33F3N4O/c1-6-21-22(18(3)32-25(4)11-14-33(5)15-12-25)16-20(31-23(21)17(2)26(27,28)29)8-7-13-30-24(34)19-9-10-19/h6-8,16,19,32H,1-3,9-15H2,4-5H3,(H,30,34)/b8-7+. The average molecular weight is 475 g/mol. The molecule has 0 bridgehead atoms. The Labute approximate surface area is 199 Å². The SMILES string of the molecule is C=Cc1c(C(=C)NC2(C)CCN(C)CC2)cc(/C=C/CNC(=O)C2CC2)nc1C(=C)C(F)(F)F. The number of amides is 1. The fourth-order valence-corrected chi connectivity index (χ4v) is 3.98. The highest BCUT2D eigenvalue weighted by atomic mass is 19.4. The zero-order chi connectivity index (χ0) is 25.1. The molecular weight excluding hydrogens is 441 g/mol. The Balaban J connectivity index is 1.91. The predicted molar refractivity (Wildman–Crippen MR) is 131 cm³/mol. The molecule has 1 aliphatic carbocycles. The van der Waals surface area contributed by atoms with E-state index in [4.69, 9.17) is 0 Å². The van der Waals surface area contributed by atoms with E-state index in [1.165, 1.54) is 6.08 Å². The third kappa shape index (κ3) is 6.38. The van der Waals surface area contributed by atoms with Gasteiger partial charge in [0.25, 0.3) is 0 Å². The number of alkyl halides is 3. The van der Waals surface area contributed by atoms with Gasteiger partial charge in [0.05, 0.1) is 17.0 Å². The Kier molecular flexibility index (Phi) is 7.70. The molecule has 1 aromatic rings. The van der Waals surface area contributed by atoms with Crippen molar-refractivity contribution in [2.24, 2.45) is 5.92 Å². The van der Waals surface area contributed by atoms with Gasteiger partial charge >= 0.3 is 6.18 Å². The molecular formula is C26H33F3N4O. The number of allylic oxidation sites excluding steroid dienone is 1. The molecule has 0 spiro atoms. The molecule has 2 aliphatic rings. The van der Waals surface area contributed by atoms with Gasteiger partial charge in [-0.15, -0.1) is 0 Å². The molecule has 1 saturated carbocycles. The number of halogens is 3. The van der Waals surface area contributed by atoms with Gasteiger partial charge in [-0.2, -0.15) is 13.2 Å². The van der Waals surface area contributed by atoms with Gasteiger partial charge in [0.2, 0.25) is 5.91 Å². The lowest BCUT2D eigenvalue weighted by molar-refractivity contribution is -0.122. The van der Waals surface area contributed by atoms with Crippen molar-refractivity contribution < 1.29 is 18.0 Å². The van der Waals surface area contributed by atoms with Crippen LogP contribution in [0.3, 0.4) is 0 Å². The van der Waals surface area contributed by atoms with E-state index in [1.807, 2.05) is 0 Å². The van der Waals surface area contributed by atoms with Crippen LogP contribution in [0.1, 0.15) is 55.1 Å². The van der Waals surface area contributed by atoms with Crippen LogP contribution in [0.25, 0.3) is 23.4 Å². The van der Waals surface area contributed by atoms with Crippen LogP contribution >= 0.6 is 0 Å². The third-order valence-corrected chi connectivity index (χ3v) is 6.41. The molecule has 0 radical (unpaired) electrons. The quantitative estimate of drug-likeness (QED) is 0.536. The minimum absolute atomic E-state index is 0.00427. The fourth-order valence-electron chi connectivity index (χ4n) is 3.98. The molecule has 1 amide bonds. The normalized spacial score (nSPS) is 18.5. The Morgan fingerprint density at radius 2 is 1.94 bits per heavy atom. The minimum Gasteiger partial charge on any atom is -0.380 e. The van der Waals surface area contributed by atoms with E-state index in [9.17, 15) is 18.0 Å². The van der Waals surface area contributed by atoms with Crippen LogP contribution in [-0.2, 0) is 4.79 Å². The van der Waals surface area contributed by atoms with Crippen molar-refractivity contribution in [1.82, 2.24) is 20.5 Å². The highest BCUT2D eigenvalue weighted by molar-refractivity contribution is 5.82. The van der Waals surface area contributed by atoms with Crippen LogP contribution in [-0.4, -0.2) is 54.2 Å². The van der Waals surface area contributed by atoms with Gasteiger partial charge in [-0.1, -0.05) is 31.9 Å². The number of piperidine rings is 1. The molecule has 2 N–H and O–H groups in total. The number of rotatable bonds is 9. The fraction of sp³-hybridized carbons (Fsp3) is 0.462. The monoisotopic (exact) mass is 474 g/mol. The Hall–Kier alpha value is -2.87. The number of carbonyl (C=O) groups excluding carboxylic acids is 1.